The zero-order chi connectivity index (χ0) is 19.7. The van der Waals surface area contributed by atoms with Gasteiger partial charge in [-0.1, -0.05) is 5.21 Å². The number of carbonyl (C=O) groups is 2. The molecule has 2 bridgehead atoms. The van der Waals surface area contributed by atoms with Gasteiger partial charge < -0.3 is 20.6 Å². The van der Waals surface area contributed by atoms with Crippen LogP contribution in [0.25, 0.3) is 0 Å². The quantitative estimate of drug-likeness (QED) is 0.510. The number of likely N-dealkylation sites (tertiary alicyclic amines) is 1. The van der Waals surface area contributed by atoms with E-state index in [1.54, 1.807) is 0 Å². The molecule has 154 valence electrons. The van der Waals surface area contributed by atoms with Gasteiger partial charge in [-0.15, -0.1) is 5.10 Å². The first-order valence-corrected chi connectivity index (χ1v) is 10.5. The highest BCUT2D eigenvalue weighted by Gasteiger charge is 2.48. The van der Waals surface area contributed by atoms with E-state index < -0.39 is 0 Å². The molecule has 1 unspecified atom stereocenters. The van der Waals surface area contributed by atoms with Gasteiger partial charge in [-0.3, -0.25) is 9.59 Å². The van der Waals surface area contributed by atoms with E-state index in [0.717, 1.165) is 38.2 Å². The number of nitrogens with one attached hydrogen (secondary N) is 1. The van der Waals surface area contributed by atoms with E-state index in [0.29, 0.717) is 44.3 Å². The molecule has 28 heavy (non-hydrogen) atoms. The van der Waals surface area contributed by atoms with Crippen LogP contribution in [0.1, 0.15) is 31.4 Å². The van der Waals surface area contributed by atoms with E-state index in [4.69, 9.17) is 10.8 Å². The first kappa shape index (κ1) is 19.3. The first-order chi connectivity index (χ1) is 13.5. The molecule has 4 aliphatic heterocycles. The molecule has 0 spiro atoms. The average molecular weight is 391 g/mol. The van der Waals surface area contributed by atoms with Gasteiger partial charge in [-0.25, -0.2) is 4.68 Å². The number of quaternary nitrogens is 1. The molecule has 2 amide bonds. The summed E-state index contributed by atoms with van der Waals surface area (Å²) in [4.78, 5) is 27.9. The highest BCUT2D eigenvalue weighted by Crippen LogP contribution is 2.30. The van der Waals surface area contributed by atoms with Crippen LogP contribution >= 0.6 is 0 Å². The van der Waals surface area contributed by atoms with Gasteiger partial charge in [0.15, 0.2) is 0 Å². The normalized spacial score (nSPS) is 30.5. The minimum absolute atomic E-state index is 0.0796. The maximum Gasteiger partial charge on any atom is 0.231 e. The van der Waals surface area contributed by atoms with E-state index >= 15 is 0 Å². The maximum atomic E-state index is 13.1. The van der Waals surface area contributed by atoms with E-state index in [-0.39, 0.29) is 30.3 Å². The second-order valence-electron chi connectivity index (χ2n) is 8.61. The second-order valence-corrected chi connectivity index (χ2v) is 8.61. The van der Waals surface area contributed by atoms with Crippen molar-refractivity contribution < 1.29 is 19.6 Å². The topological polar surface area (TPSA) is 119 Å². The Morgan fingerprint density at radius 2 is 2.07 bits per heavy atom. The van der Waals surface area contributed by atoms with Crippen molar-refractivity contribution in [2.24, 2.45) is 23.5 Å². The number of nitrogens with two attached hydrogens (primary N) is 1. The van der Waals surface area contributed by atoms with Crippen LogP contribution in [-0.4, -0.2) is 75.6 Å². The molecule has 4 atom stereocenters. The van der Waals surface area contributed by atoms with Gasteiger partial charge in [0.1, 0.15) is 6.04 Å². The molecule has 4 saturated heterocycles. The molecule has 5 heterocycles. The van der Waals surface area contributed by atoms with Crippen LogP contribution in [0.2, 0.25) is 0 Å². The summed E-state index contributed by atoms with van der Waals surface area (Å²) in [6, 6.07) is 0.465. The van der Waals surface area contributed by atoms with Gasteiger partial charge in [0.2, 0.25) is 11.8 Å². The minimum Gasteiger partial charge on any atom is -0.396 e. The molecule has 9 nitrogen and oxygen atoms in total. The monoisotopic (exact) mass is 391 g/mol. The molecule has 9 heteroatoms. The molecule has 1 aromatic rings. The second kappa shape index (κ2) is 8.16. The Morgan fingerprint density at radius 3 is 2.71 bits per heavy atom. The highest BCUT2D eigenvalue weighted by atomic mass is 16.3. The van der Waals surface area contributed by atoms with Crippen LogP contribution in [0, 0.1) is 17.8 Å². The largest absolute Gasteiger partial charge is 0.396 e. The predicted molar refractivity (Wildman–Crippen MR) is 100 cm³/mol. The number of carbonyl (C=O) groups excluding carboxylic acids is 2. The third-order valence-electron chi connectivity index (χ3n) is 6.94. The van der Waals surface area contributed by atoms with E-state index in [9.17, 15) is 9.59 Å². The van der Waals surface area contributed by atoms with Crippen molar-refractivity contribution in [1.29, 1.82) is 0 Å². The summed E-state index contributed by atoms with van der Waals surface area (Å²) in [5.74, 6) is 0.492. The van der Waals surface area contributed by atoms with Crippen LogP contribution < -0.4 is 10.6 Å². The molecule has 0 aliphatic carbocycles. The van der Waals surface area contributed by atoms with Gasteiger partial charge in [-0.2, -0.15) is 0 Å². The summed E-state index contributed by atoms with van der Waals surface area (Å²) in [6.45, 7) is 4.21. The van der Waals surface area contributed by atoms with E-state index in [2.05, 4.69) is 10.3 Å². The van der Waals surface area contributed by atoms with Crippen LogP contribution in [0.15, 0.2) is 6.20 Å². The minimum atomic E-state index is -0.238. The van der Waals surface area contributed by atoms with Gasteiger partial charge in [0.25, 0.3) is 0 Å². The smallest absolute Gasteiger partial charge is 0.231 e. The summed E-state index contributed by atoms with van der Waals surface area (Å²) in [6.07, 6.45) is 5.99. The standard InChI is InChI=1S/C19H30N6O3/c20-18(27)13-1-5-23(6-2-13)19(28)17-12-24-7-3-14(17)9-16(24)11-25-10-15(4-8-26)21-22-25/h10,13-14,16-17,26H,1-9,11-12H2,(H2,20,27)/p+1/t14-,16-,17+/m1/s1. The molecule has 4 N–H and O–H groups in total. The van der Waals surface area contributed by atoms with Gasteiger partial charge >= 0.3 is 0 Å². The lowest BCUT2D eigenvalue weighted by Gasteiger charge is -2.47. The lowest BCUT2D eigenvalue weighted by atomic mass is 9.74. The molecule has 4 aliphatic rings. The number of fused-ring (bicyclic) bond motifs is 3. The maximum absolute atomic E-state index is 13.1. The number of hydrogen-bond donors (Lipinski definition) is 3. The zero-order valence-corrected chi connectivity index (χ0v) is 16.3. The molecule has 0 aromatic carbocycles. The Hall–Kier alpha value is -2.00. The van der Waals surface area contributed by atoms with Crippen molar-refractivity contribution in [3.05, 3.63) is 11.9 Å². The first-order valence-electron chi connectivity index (χ1n) is 10.5. The number of amides is 2. The number of aromatic nitrogens is 3. The summed E-state index contributed by atoms with van der Waals surface area (Å²) in [7, 11) is 0. The van der Waals surface area contributed by atoms with Gasteiger partial charge in [-0.05, 0) is 18.8 Å². The lowest BCUT2D eigenvalue weighted by Crippen LogP contribution is -3.20. The average Bonchev–Trinajstić information content (AvgIpc) is 3.15. The SMILES string of the molecule is NC(=O)C1CCN(C(=O)[C@H]2C[NH+]3CC[C@@H]2C[C@@H]3Cn2cc(CCO)nn2)CC1. The zero-order valence-electron chi connectivity index (χ0n) is 16.3. The van der Waals surface area contributed by atoms with E-state index in [1.165, 1.54) is 4.90 Å². The molecule has 5 rings (SSSR count). The van der Waals surface area contributed by atoms with E-state index in [1.807, 2.05) is 15.8 Å². The molecule has 1 aromatic heterocycles. The Bertz CT molecular complexity index is 714. The molecule has 4 fully saturated rings. The predicted octanol–water partition coefficient (Wildman–Crippen LogP) is -2.17. The molecular weight excluding hydrogens is 360 g/mol. The Labute approximate surface area is 164 Å². The number of rotatable bonds is 6. The number of aliphatic hydroxyl groups is 1. The highest BCUT2D eigenvalue weighted by molar-refractivity contribution is 5.80. The van der Waals surface area contributed by atoms with Crippen molar-refractivity contribution in [3.8, 4) is 0 Å². The Kier molecular flexibility index (Phi) is 5.63. The Balaban J connectivity index is 1.33. The van der Waals surface area contributed by atoms with Crippen molar-refractivity contribution in [2.45, 2.75) is 44.7 Å². The molecular formula is C19H31N6O3+. The fourth-order valence-electron chi connectivity index (χ4n) is 5.30. The summed E-state index contributed by atoms with van der Waals surface area (Å²) >= 11 is 0. The fraction of sp³-hybridized carbons (Fsp3) is 0.789. The lowest BCUT2D eigenvalue weighted by molar-refractivity contribution is -0.945. The summed E-state index contributed by atoms with van der Waals surface area (Å²) < 4.78 is 1.88. The molecule has 0 radical (unpaired) electrons. The third kappa shape index (κ3) is 3.91. The number of nitrogens with zero attached hydrogens (tertiary/aromatic N) is 4. The van der Waals surface area contributed by atoms with Crippen LogP contribution in [-0.2, 0) is 22.6 Å². The van der Waals surface area contributed by atoms with Crippen molar-refractivity contribution in [2.75, 3.05) is 32.8 Å². The number of piperidine rings is 4. The number of aliphatic hydroxyl groups excluding tert-OH is 1. The summed E-state index contributed by atoms with van der Waals surface area (Å²) in [5, 5.41) is 17.3. The third-order valence-corrected chi connectivity index (χ3v) is 6.94. The Morgan fingerprint density at radius 1 is 1.29 bits per heavy atom. The van der Waals surface area contributed by atoms with Crippen molar-refractivity contribution in [1.82, 2.24) is 19.9 Å². The number of primary amides is 1. The fourth-order valence-corrected chi connectivity index (χ4v) is 5.30. The van der Waals surface area contributed by atoms with Crippen molar-refractivity contribution >= 4 is 11.8 Å². The van der Waals surface area contributed by atoms with Gasteiger partial charge in [0.05, 0.1) is 31.2 Å². The summed E-state index contributed by atoms with van der Waals surface area (Å²) in [5.41, 5.74) is 6.23. The molecule has 0 saturated carbocycles. The number of hydrogen-bond acceptors (Lipinski definition) is 5. The van der Waals surface area contributed by atoms with Crippen LogP contribution in [0.4, 0.5) is 0 Å². The van der Waals surface area contributed by atoms with Crippen LogP contribution in [0.5, 0.6) is 0 Å². The van der Waals surface area contributed by atoms with Gasteiger partial charge in [0, 0.05) is 51.1 Å². The van der Waals surface area contributed by atoms with Crippen molar-refractivity contribution in [3.63, 3.8) is 0 Å². The van der Waals surface area contributed by atoms with Crippen LogP contribution in [0.3, 0.4) is 0 Å².